The van der Waals surface area contributed by atoms with E-state index < -0.39 is 0 Å². The fourth-order valence-electron chi connectivity index (χ4n) is 1.98. The molecule has 62 valence electrons. The van der Waals surface area contributed by atoms with Gasteiger partial charge in [-0.15, -0.1) is 0 Å². The van der Waals surface area contributed by atoms with Crippen LogP contribution in [-0.4, -0.2) is 19.1 Å². The fourth-order valence-corrected chi connectivity index (χ4v) is 1.98. The van der Waals surface area contributed by atoms with Crippen LogP contribution in [0.25, 0.3) is 0 Å². The Bertz CT molecular complexity index is 184. The van der Waals surface area contributed by atoms with Crippen LogP contribution in [0.1, 0.15) is 26.2 Å². The molecule has 0 saturated heterocycles. The van der Waals surface area contributed by atoms with Gasteiger partial charge in [-0.2, -0.15) is 0 Å². The van der Waals surface area contributed by atoms with Gasteiger partial charge in [-0.1, -0.05) is 0 Å². The Hall–Kier alpha value is -0.500. The van der Waals surface area contributed by atoms with Crippen molar-refractivity contribution < 1.29 is 0 Å². The highest BCUT2D eigenvalue weighted by Gasteiger charge is 2.18. The van der Waals surface area contributed by atoms with Crippen LogP contribution in [-0.2, 0) is 0 Å². The SMILES string of the molecule is CC1CC2=C(CCN2)CCN1. The lowest BCUT2D eigenvalue weighted by molar-refractivity contribution is 0.549. The van der Waals surface area contributed by atoms with Gasteiger partial charge in [0.2, 0.25) is 0 Å². The van der Waals surface area contributed by atoms with Crippen LogP contribution in [0.15, 0.2) is 11.3 Å². The minimum absolute atomic E-state index is 0.660. The number of nitrogens with one attached hydrogen (secondary N) is 2. The van der Waals surface area contributed by atoms with Gasteiger partial charge in [-0.05, 0) is 31.9 Å². The highest BCUT2D eigenvalue weighted by atomic mass is 15.0. The zero-order chi connectivity index (χ0) is 7.68. The van der Waals surface area contributed by atoms with Crippen LogP contribution in [0.3, 0.4) is 0 Å². The third-order valence-corrected chi connectivity index (χ3v) is 2.62. The first-order valence-corrected chi connectivity index (χ1v) is 4.54. The lowest BCUT2D eigenvalue weighted by Gasteiger charge is -2.10. The summed E-state index contributed by atoms with van der Waals surface area (Å²) in [6, 6.07) is 0.660. The molecule has 0 bridgehead atoms. The Labute approximate surface area is 68.1 Å². The second kappa shape index (κ2) is 2.86. The van der Waals surface area contributed by atoms with E-state index in [1.165, 1.54) is 38.0 Å². The maximum absolute atomic E-state index is 3.49. The van der Waals surface area contributed by atoms with Crippen LogP contribution < -0.4 is 10.6 Å². The van der Waals surface area contributed by atoms with Crippen LogP contribution in [0, 0.1) is 0 Å². The van der Waals surface area contributed by atoms with E-state index in [1.54, 1.807) is 5.57 Å². The molecule has 2 nitrogen and oxygen atoms in total. The van der Waals surface area contributed by atoms with E-state index in [2.05, 4.69) is 17.6 Å². The molecule has 0 aromatic heterocycles. The largest absolute Gasteiger partial charge is 0.388 e. The molecular formula is C9H16N2. The molecule has 0 aromatic carbocycles. The van der Waals surface area contributed by atoms with Crippen molar-refractivity contribution >= 4 is 0 Å². The van der Waals surface area contributed by atoms with Gasteiger partial charge in [-0.25, -0.2) is 0 Å². The zero-order valence-electron chi connectivity index (χ0n) is 7.11. The average Bonchev–Trinajstić information content (AvgIpc) is 2.31. The summed E-state index contributed by atoms with van der Waals surface area (Å²) in [5.41, 5.74) is 3.20. The maximum atomic E-state index is 3.49. The first-order chi connectivity index (χ1) is 5.36. The minimum atomic E-state index is 0.660. The summed E-state index contributed by atoms with van der Waals surface area (Å²) in [6.07, 6.45) is 3.74. The monoisotopic (exact) mass is 152 g/mol. The van der Waals surface area contributed by atoms with Gasteiger partial charge in [0.15, 0.2) is 0 Å². The molecule has 0 radical (unpaired) electrons. The summed E-state index contributed by atoms with van der Waals surface area (Å²) in [6.45, 7) is 4.61. The minimum Gasteiger partial charge on any atom is -0.388 e. The highest BCUT2D eigenvalue weighted by Crippen LogP contribution is 2.22. The molecule has 0 spiro atoms. The summed E-state index contributed by atoms with van der Waals surface area (Å²) < 4.78 is 0. The number of hydrogen-bond acceptors (Lipinski definition) is 2. The Morgan fingerprint density at radius 1 is 1.27 bits per heavy atom. The summed E-state index contributed by atoms with van der Waals surface area (Å²) in [4.78, 5) is 0. The Balaban J connectivity index is 2.11. The summed E-state index contributed by atoms with van der Waals surface area (Å²) in [5.74, 6) is 0. The van der Waals surface area contributed by atoms with E-state index in [0.29, 0.717) is 6.04 Å². The lowest BCUT2D eigenvalue weighted by atomic mass is 10.1. The molecule has 2 heterocycles. The molecule has 2 aliphatic rings. The Kier molecular flexibility index (Phi) is 1.86. The fraction of sp³-hybridized carbons (Fsp3) is 0.778. The Morgan fingerprint density at radius 2 is 2.09 bits per heavy atom. The van der Waals surface area contributed by atoms with Crippen molar-refractivity contribution in [2.45, 2.75) is 32.2 Å². The lowest BCUT2D eigenvalue weighted by Crippen LogP contribution is -2.27. The number of rotatable bonds is 0. The molecular weight excluding hydrogens is 136 g/mol. The van der Waals surface area contributed by atoms with Gasteiger partial charge in [0, 0.05) is 24.7 Å². The van der Waals surface area contributed by atoms with Crippen molar-refractivity contribution in [2.75, 3.05) is 13.1 Å². The number of hydrogen-bond donors (Lipinski definition) is 2. The topological polar surface area (TPSA) is 24.1 Å². The highest BCUT2D eigenvalue weighted by molar-refractivity contribution is 5.20. The predicted molar refractivity (Wildman–Crippen MR) is 46.3 cm³/mol. The zero-order valence-corrected chi connectivity index (χ0v) is 7.11. The van der Waals surface area contributed by atoms with E-state index in [0.717, 1.165) is 0 Å². The molecule has 2 N–H and O–H groups in total. The van der Waals surface area contributed by atoms with Gasteiger partial charge in [0.25, 0.3) is 0 Å². The van der Waals surface area contributed by atoms with E-state index in [-0.39, 0.29) is 0 Å². The van der Waals surface area contributed by atoms with Crippen molar-refractivity contribution in [3.8, 4) is 0 Å². The third-order valence-electron chi connectivity index (χ3n) is 2.62. The van der Waals surface area contributed by atoms with Crippen LogP contribution >= 0.6 is 0 Å². The molecule has 1 atom stereocenters. The van der Waals surface area contributed by atoms with Crippen molar-refractivity contribution in [2.24, 2.45) is 0 Å². The van der Waals surface area contributed by atoms with Crippen molar-refractivity contribution in [3.63, 3.8) is 0 Å². The van der Waals surface area contributed by atoms with Crippen molar-refractivity contribution in [1.82, 2.24) is 10.6 Å². The molecule has 0 aromatic rings. The first kappa shape index (κ1) is 7.17. The molecule has 2 aliphatic heterocycles. The summed E-state index contributed by atoms with van der Waals surface area (Å²) in [5, 5.41) is 6.96. The van der Waals surface area contributed by atoms with E-state index in [4.69, 9.17) is 0 Å². The molecule has 2 heteroatoms. The molecule has 0 saturated carbocycles. The average molecular weight is 152 g/mol. The maximum Gasteiger partial charge on any atom is 0.0182 e. The molecule has 0 aliphatic carbocycles. The van der Waals surface area contributed by atoms with E-state index in [9.17, 15) is 0 Å². The van der Waals surface area contributed by atoms with Crippen LogP contribution in [0.5, 0.6) is 0 Å². The van der Waals surface area contributed by atoms with Crippen molar-refractivity contribution in [1.29, 1.82) is 0 Å². The van der Waals surface area contributed by atoms with Crippen LogP contribution in [0.4, 0.5) is 0 Å². The molecule has 0 fully saturated rings. The normalized spacial score (nSPS) is 31.2. The quantitative estimate of drug-likeness (QED) is 0.541. The van der Waals surface area contributed by atoms with Gasteiger partial charge >= 0.3 is 0 Å². The Morgan fingerprint density at radius 3 is 3.00 bits per heavy atom. The molecule has 2 rings (SSSR count). The van der Waals surface area contributed by atoms with Gasteiger partial charge in [-0.3, -0.25) is 0 Å². The molecule has 0 amide bonds. The summed E-state index contributed by atoms with van der Waals surface area (Å²) >= 11 is 0. The van der Waals surface area contributed by atoms with Gasteiger partial charge < -0.3 is 10.6 Å². The van der Waals surface area contributed by atoms with E-state index in [1.807, 2.05) is 0 Å². The first-order valence-electron chi connectivity index (χ1n) is 4.54. The molecule has 11 heavy (non-hydrogen) atoms. The summed E-state index contributed by atoms with van der Waals surface area (Å²) in [7, 11) is 0. The van der Waals surface area contributed by atoms with Gasteiger partial charge in [0.1, 0.15) is 0 Å². The van der Waals surface area contributed by atoms with E-state index >= 15 is 0 Å². The molecule has 1 unspecified atom stereocenters. The van der Waals surface area contributed by atoms with Crippen molar-refractivity contribution in [3.05, 3.63) is 11.3 Å². The van der Waals surface area contributed by atoms with Crippen LogP contribution in [0.2, 0.25) is 0 Å². The third kappa shape index (κ3) is 1.41. The second-order valence-corrected chi connectivity index (χ2v) is 3.57. The standard InChI is InChI=1S/C9H16N2/c1-7-6-9-8(2-4-10-7)3-5-11-9/h7,10-11H,2-6H2,1H3. The predicted octanol–water partition coefficient (Wildman–Crippen LogP) is 1.01. The smallest absolute Gasteiger partial charge is 0.0182 e. The second-order valence-electron chi connectivity index (χ2n) is 3.57. The van der Waals surface area contributed by atoms with Gasteiger partial charge in [0.05, 0.1) is 0 Å².